The minimum atomic E-state index is -1.22. The third-order valence-corrected chi connectivity index (χ3v) is 2.13. The van der Waals surface area contributed by atoms with Gasteiger partial charge in [0.2, 0.25) is 5.95 Å². The van der Waals surface area contributed by atoms with Gasteiger partial charge in [-0.1, -0.05) is 11.2 Å². The molecule has 0 aliphatic rings. The summed E-state index contributed by atoms with van der Waals surface area (Å²) in [4.78, 5) is 14.2. The molecule has 0 atom stereocenters. The van der Waals surface area contributed by atoms with Crippen molar-refractivity contribution in [3.05, 3.63) is 35.4 Å². The van der Waals surface area contributed by atoms with Crippen molar-refractivity contribution in [2.45, 2.75) is 6.54 Å². The van der Waals surface area contributed by atoms with Gasteiger partial charge in [-0.05, 0) is 6.07 Å². The number of rotatable bonds is 3. The Kier molecular flexibility index (Phi) is 2.84. The van der Waals surface area contributed by atoms with E-state index in [9.17, 15) is 9.18 Å². The monoisotopic (exact) mass is 237 g/mol. The molecule has 7 heteroatoms. The lowest BCUT2D eigenvalue weighted by Crippen LogP contribution is -2.02. The van der Waals surface area contributed by atoms with Gasteiger partial charge in [0.15, 0.2) is 11.5 Å². The summed E-state index contributed by atoms with van der Waals surface area (Å²) in [5, 5.41) is 12.0. The van der Waals surface area contributed by atoms with Crippen LogP contribution in [0.25, 0.3) is 11.5 Å². The maximum atomic E-state index is 13.3. The van der Waals surface area contributed by atoms with E-state index >= 15 is 0 Å². The summed E-state index contributed by atoms with van der Waals surface area (Å²) in [5.74, 6) is -1.85. The van der Waals surface area contributed by atoms with Gasteiger partial charge in [-0.3, -0.25) is 0 Å². The Morgan fingerprint density at radius 3 is 2.82 bits per heavy atom. The molecular formula is C10H8FN3O3. The number of halogens is 1. The van der Waals surface area contributed by atoms with Crippen LogP contribution >= 0.6 is 0 Å². The van der Waals surface area contributed by atoms with E-state index in [4.69, 9.17) is 15.4 Å². The topological polar surface area (TPSA) is 102 Å². The van der Waals surface area contributed by atoms with Crippen molar-refractivity contribution in [2.24, 2.45) is 5.73 Å². The molecule has 2 heterocycles. The molecule has 2 aromatic heterocycles. The molecule has 0 fully saturated rings. The van der Waals surface area contributed by atoms with Crippen LogP contribution in [0.1, 0.15) is 16.1 Å². The molecule has 0 unspecified atom stereocenters. The van der Waals surface area contributed by atoms with Crippen LogP contribution in [0, 0.1) is 5.95 Å². The average molecular weight is 237 g/mol. The minimum absolute atomic E-state index is 0.0376. The molecular weight excluding hydrogens is 229 g/mol. The zero-order valence-electron chi connectivity index (χ0n) is 8.55. The van der Waals surface area contributed by atoms with Crippen molar-refractivity contribution in [1.29, 1.82) is 0 Å². The maximum absolute atomic E-state index is 13.3. The molecule has 0 aliphatic carbocycles. The predicted octanol–water partition coefficient (Wildman–Crippen LogP) is 1.03. The Morgan fingerprint density at radius 1 is 1.53 bits per heavy atom. The Bertz CT molecular complexity index is 568. The Balaban J connectivity index is 2.39. The highest BCUT2D eigenvalue weighted by molar-refractivity contribution is 5.86. The highest BCUT2D eigenvalue weighted by atomic mass is 19.1. The largest absolute Gasteiger partial charge is 0.476 e. The molecule has 0 spiro atoms. The highest BCUT2D eigenvalue weighted by Crippen LogP contribution is 2.19. The molecule has 0 bridgehead atoms. The molecule has 2 aromatic rings. The van der Waals surface area contributed by atoms with E-state index < -0.39 is 11.9 Å². The first-order valence-electron chi connectivity index (χ1n) is 4.67. The number of carboxylic acid groups (broad SMARTS) is 1. The van der Waals surface area contributed by atoms with Crippen molar-refractivity contribution in [3.63, 3.8) is 0 Å². The van der Waals surface area contributed by atoms with E-state index in [1.807, 2.05) is 0 Å². The van der Waals surface area contributed by atoms with Crippen molar-refractivity contribution in [3.8, 4) is 11.5 Å². The van der Waals surface area contributed by atoms with Gasteiger partial charge in [0.05, 0.1) is 0 Å². The number of nitrogens with zero attached hydrogens (tertiary/aromatic N) is 2. The molecule has 88 valence electrons. The molecule has 2 rings (SSSR count). The lowest BCUT2D eigenvalue weighted by molar-refractivity contribution is 0.0686. The zero-order chi connectivity index (χ0) is 12.4. The molecule has 0 aromatic carbocycles. The fourth-order valence-corrected chi connectivity index (χ4v) is 1.25. The second-order valence-corrected chi connectivity index (χ2v) is 3.23. The van der Waals surface area contributed by atoms with Gasteiger partial charge in [-0.25, -0.2) is 9.78 Å². The first-order valence-corrected chi connectivity index (χ1v) is 4.67. The summed E-state index contributed by atoms with van der Waals surface area (Å²) in [7, 11) is 0. The lowest BCUT2D eigenvalue weighted by atomic mass is 10.2. The molecule has 17 heavy (non-hydrogen) atoms. The van der Waals surface area contributed by atoms with Crippen LogP contribution in [0.4, 0.5) is 4.39 Å². The number of nitrogens with two attached hydrogens (primary N) is 1. The van der Waals surface area contributed by atoms with Gasteiger partial charge in [0, 0.05) is 18.2 Å². The van der Waals surface area contributed by atoms with E-state index in [-0.39, 0.29) is 29.3 Å². The number of carbonyl (C=O) groups is 1. The quantitative estimate of drug-likeness (QED) is 0.773. The van der Waals surface area contributed by atoms with Crippen molar-refractivity contribution in [2.75, 3.05) is 0 Å². The van der Waals surface area contributed by atoms with E-state index in [2.05, 4.69) is 10.1 Å². The van der Waals surface area contributed by atoms with Crippen LogP contribution in [0.15, 0.2) is 22.7 Å². The van der Waals surface area contributed by atoms with E-state index in [1.165, 1.54) is 18.2 Å². The fraction of sp³-hybridized carbons (Fsp3) is 0.100. The van der Waals surface area contributed by atoms with E-state index in [1.54, 1.807) is 0 Å². The third-order valence-electron chi connectivity index (χ3n) is 2.13. The Hall–Kier alpha value is -2.28. The second kappa shape index (κ2) is 4.30. The Labute approximate surface area is 94.9 Å². The number of aromatic carboxylic acids is 1. The normalized spacial score (nSPS) is 10.5. The summed E-state index contributed by atoms with van der Waals surface area (Å²) in [6.07, 6.45) is 0. The van der Waals surface area contributed by atoms with Crippen LogP contribution in [0.3, 0.4) is 0 Å². The number of carboxylic acids is 1. The molecule has 0 radical (unpaired) electrons. The number of hydrogen-bond acceptors (Lipinski definition) is 5. The SMILES string of the molecule is NCc1ccc(-c2cc(C(=O)O)no2)nc1F. The van der Waals surface area contributed by atoms with Gasteiger partial charge < -0.3 is 15.4 Å². The summed E-state index contributed by atoms with van der Waals surface area (Å²) in [5.41, 5.74) is 5.47. The van der Waals surface area contributed by atoms with Gasteiger partial charge >= 0.3 is 5.97 Å². The molecule has 0 aliphatic heterocycles. The number of hydrogen-bond donors (Lipinski definition) is 2. The molecule has 3 N–H and O–H groups in total. The van der Waals surface area contributed by atoms with Crippen LogP contribution in [0.5, 0.6) is 0 Å². The molecule has 0 saturated carbocycles. The minimum Gasteiger partial charge on any atom is -0.476 e. The standard InChI is InChI=1S/C10H8FN3O3/c11-9-5(4-12)1-2-6(13-9)8-3-7(10(15)16)14-17-8/h1-3H,4,12H2,(H,15,16). The van der Waals surface area contributed by atoms with Crippen LogP contribution in [-0.4, -0.2) is 21.2 Å². The van der Waals surface area contributed by atoms with Gasteiger partial charge in [0.1, 0.15) is 5.69 Å². The summed E-state index contributed by atoms with van der Waals surface area (Å²) in [6, 6.07) is 4.12. The first kappa shape index (κ1) is 11.2. The number of aromatic nitrogens is 2. The van der Waals surface area contributed by atoms with Gasteiger partial charge in [0.25, 0.3) is 0 Å². The van der Waals surface area contributed by atoms with Gasteiger partial charge in [-0.15, -0.1) is 0 Å². The zero-order valence-corrected chi connectivity index (χ0v) is 8.55. The highest BCUT2D eigenvalue weighted by Gasteiger charge is 2.14. The van der Waals surface area contributed by atoms with Crippen LogP contribution in [-0.2, 0) is 6.54 Å². The predicted molar refractivity (Wildman–Crippen MR) is 54.5 cm³/mol. The summed E-state index contributed by atoms with van der Waals surface area (Å²) >= 11 is 0. The number of pyridine rings is 1. The summed E-state index contributed by atoms with van der Waals surface area (Å²) < 4.78 is 18.1. The van der Waals surface area contributed by atoms with Crippen LogP contribution in [0.2, 0.25) is 0 Å². The molecule has 0 saturated heterocycles. The maximum Gasteiger partial charge on any atom is 0.358 e. The van der Waals surface area contributed by atoms with Gasteiger partial charge in [-0.2, -0.15) is 4.39 Å². The third kappa shape index (κ3) is 2.13. The van der Waals surface area contributed by atoms with Crippen molar-refractivity contribution in [1.82, 2.24) is 10.1 Å². The van der Waals surface area contributed by atoms with Crippen molar-refractivity contribution < 1.29 is 18.8 Å². The lowest BCUT2D eigenvalue weighted by Gasteiger charge is -1.99. The molecule has 0 amide bonds. The summed E-state index contributed by atoms with van der Waals surface area (Å²) in [6.45, 7) is 0.0376. The van der Waals surface area contributed by atoms with Crippen molar-refractivity contribution >= 4 is 5.97 Å². The van der Waals surface area contributed by atoms with Crippen LogP contribution < -0.4 is 5.73 Å². The van der Waals surface area contributed by atoms with E-state index in [0.717, 1.165) is 0 Å². The smallest absolute Gasteiger partial charge is 0.358 e. The average Bonchev–Trinajstić information content (AvgIpc) is 2.78. The Morgan fingerprint density at radius 2 is 2.29 bits per heavy atom. The van der Waals surface area contributed by atoms with E-state index in [0.29, 0.717) is 0 Å². The second-order valence-electron chi connectivity index (χ2n) is 3.23. The first-order chi connectivity index (χ1) is 8.11. The molecule has 6 nitrogen and oxygen atoms in total. The fourth-order valence-electron chi connectivity index (χ4n) is 1.25.